The molecular weight excluding hydrogens is 698 g/mol. The molecule has 0 aliphatic carbocycles. The van der Waals surface area contributed by atoms with E-state index in [1.54, 1.807) is 37.3 Å². The van der Waals surface area contributed by atoms with Gasteiger partial charge in [0.2, 0.25) is 0 Å². The summed E-state index contributed by atoms with van der Waals surface area (Å²) in [6, 6.07) is 27.4. The van der Waals surface area contributed by atoms with E-state index in [1.165, 1.54) is 16.7 Å². The zero-order chi connectivity index (χ0) is 38.8. The van der Waals surface area contributed by atoms with Crippen LogP contribution in [0.15, 0.2) is 103 Å². The molecule has 4 aromatic carbocycles. The van der Waals surface area contributed by atoms with Crippen LogP contribution in [0.25, 0.3) is 0 Å². The summed E-state index contributed by atoms with van der Waals surface area (Å²) in [6.07, 6.45) is 9.30. The fraction of sp³-hybridized carbons (Fsp3) is 0.356. The van der Waals surface area contributed by atoms with Crippen LogP contribution in [0.1, 0.15) is 114 Å². The standard InChI is InChI=1S/C27H29O4P.C18H27O2P/c1-4-18(2)15-20-7-12-24(13-8-20)30-27(29)23-11-14-25(19(3)16-23)31-26(28)22-9-5-21(17-32)6-10-22;1-14(2)5-4-6-15(3)11-12-20-18(19)17-9-7-16(13-21)8-10-17/h5-14,16,18H,4,15,17,32H2,1-3H3;5,7-10,15H,4,6,11-13,21H2,1-3H3. The molecule has 282 valence electrons. The maximum atomic E-state index is 12.6. The van der Waals surface area contributed by atoms with E-state index >= 15 is 0 Å². The molecule has 0 spiro atoms. The van der Waals surface area contributed by atoms with Crippen molar-refractivity contribution in [2.45, 2.75) is 86.0 Å². The fourth-order valence-corrected chi connectivity index (χ4v) is 5.79. The third-order valence-corrected chi connectivity index (χ3v) is 9.88. The van der Waals surface area contributed by atoms with E-state index in [9.17, 15) is 14.4 Å². The monoisotopic (exact) mass is 754 g/mol. The van der Waals surface area contributed by atoms with Gasteiger partial charge in [0.25, 0.3) is 0 Å². The van der Waals surface area contributed by atoms with E-state index in [2.05, 4.69) is 59.2 Å². The van der Waals surface area contributed by atoms with Gasteiger partial charge in [-0.25, -0.2) is 14.4 Å². The summed E-state index contributed by atoms with van der Waals surface area (Å²) >= 11 is 0. The topological polar surface area (TPSA) is 78.9 Å². The lowest BCUT2D eigenvalue weighted by Gasteiger charge is -2.11. The van der Waals surface area contributed by atoms with Gasteiger partial charge in [-0.1, -0.05) is 75.2 Å². The second-order valence-corrected chi connectivity index (χ2v) is 14.6. The molecule has 0 aliphatic rings. The molecule has 0 saturated heterocycles. The molecule has 4 aromatic rings. The zero-order valence-electron chi connectivity index (χ0n) is 32.2. The molecule has 6 nitrogen and oxygen atoms in total. The van der Waals surface area contributed by atoms with E-state index in [4.69, 9.17) is 14.2 Å². The Balaban J connectivity index is 0.000000313. The van der Waals surface area contributed by atoms with Gasteiger partial charge in [0, 0.05) is 0 Å². The first-order valence-corrected chi connectivity index (χ1v) is 20.1. The normalized spacial score (nSPS) is 11.7. The molecule has 53 heavy (non-hydrogen) atoms. The molecule has 4 unspecified atom stereocenters. The number of esters is 3. The Morgan fingerprint density at radius 2 is 1.19 bits per heavy atom. The van der Waals surface area contributed by atoms with Gasteiger partial charge in [-0.3, -0.25) is 0 Å². The van der Waals surface area contributed by atoms with Gasteiger partial charge >= 0.3 is 17.9 Å². The minimum Gasteiger partial charge on any atom is -0.462 e. The van der Waals surface area contributed by atoms with Gasteiger partial charge < -0.3 is 14.2 Å². The number of rotatable bonds is 16. The first-order chi connectivity index (χ1) is 25.4. The van der Waals surface area contributed by atoms with Crippen LogP contribution in [0.4, 0.5) is 0 Å². The Hall–Kier alpha value is -4.11. The number of hydrogen-bond acceptors (Lipinski definition) is 6. The Bertz CT molecular complexity index is 1780. The number of carbonyl (C=O) groups is 3. The molecule has 0 heterocycles. The van der Waals surface area contributed by atoms with Crippen molar-refractivity contribution >= 4 is 36.4 Å². The molecule has 0 saturated carbocycles. The lowest BCUT2D eigenvalue weighted by molar-refractivity contribution is 0.0483. The molecule has 4 atom stereocenters. The van der Waals surface area contributed by atoms with Crippen molar-refractivity contribution < 1.29 is 28.6 Å². The number of carbonyl (C=O) groups excluding carboxylic acids is 3. The summed E-state index contributed by atoms with van der Waals surface area (Å²) < 4.78 is 16.4. The van der Waals surface area contributed by atoms with Crippen molar-refractivity contribution in [1.82, 2.24) is 0 Å². The Morgan fingerprint density at radius 3 is 1.72 bits per heavy atom. The van der Waals surface area contributed by atoms with E-state index in [-0.39, 0.29) is 5.97 Å². The lowest BCUT2D eigenvalue weighted by Crippen LogP contribution is -2.11. The van der Waals surface area contributed by atoms with Crippen LogP contribution in [-0.2, 0) is 23.5 Å². The van der Waals surface area contributed by atoms with Gasteiger partial charge in [0.15, 0.2) is 0 Å². The summed E-state index contributed by atoms with van der Waals surface area (Å²) in [5.74, 6) is 1.01. The summed E-state index contributed by atoms with van der Waals surface area (Å²) in [5.41, 5.74) is 7.10. The highest BCUT2D eigenvalue weighted by molar-refractivity contribution is 7.15. The van der Waals surface area contributed by atoms with Crippen molar-refractivity contribution in [3.63, 3.8) is 0 Å². The van der Waals surface area contributed by atoms with Gasteiger partial charge in [0.1, 0.15) is 11.5 Å². The van der Waals surface area contributed by atoms with Crippen LogP contribution >= 0.6 is 18.5 Å². The Morgan fingerprint density at radius 1 is 0.660 bits per heavy atom. The molecular formula is C45H56O6P2. The number of hydrogen-bond donors (Lipinski definition) is 0. The lowest BCUT2D eigenvalue weighted by atomic mass is 9.99. The van der Waals surface area contributed by atoms with E-state index in [1.807, 2.05) is 60.7 Å². The molecule has 0 aromatic heterocycles. The Kier molecular flexibility index (Phi) is 18.7. The number of benzene rings is 4. The Labute approximate surface area is 321 Å². The van der Waals surface area contributed by atoms with E-state index in [0.29, 0.717) is 52.2 Å². The van der Waals surface area contributed by atoms with Crippen LogP contribution in [0.5, 0.6) is 11.5 Å². The number of allylic oxidation sites excluding steroid dienone is 2. The first-order valence-electron chi connectivity index (χ1n) is 18.4. The highest BCUT2D eigenvalue weighted by atomic mass is 31.0. The summed E-state index contributed by atoms with van der Waals surface area (Å²) in [7, 11) is 5.32. The quantitative estimate of drug-likeness (QED) is 0.0490. The summed E-state index contributed by atoms with van der Waals surface area (Å²) in [4.78, 5) is 36.9. The van der Waals surface area contributed by atoms with Gasteiger partial charge in [0.05, 0.1) is 23.3 Å². The van der Waals surface area contributed by atoms with Crippen LogP contribution in [0.2, 0.25) is 0 Å². The molecule has 0 amide bonds. The SMILES string of the molecule is CC(C)=CCCC(C)CCOC(=O)c1ccc(CP)cc1.CCC(C)Cc1ccc(OC(=O)c2ccc(OC(=O)c3ccc(CP)cc3)c(C)c2)cc1. The maximum absolute atomic E-state index is 12.6. The molecule has 0 bridgehead atoms. The predicted molar refractivity (Wildman–Crippen MR) is 223 cm³/mol. The predicted octanol–water partition coefficient (Wildman–Crippen LogP) is 11.4. The van der Waals surface area contributed by atoms with Crippen molar-refractivity contribution in [2.75, 3.05) is 6.61 Å². The first kappa shape index (κ1) is 43.3. The van der Waals surface area contributed by atoms with Crippen molar-refractivity contribution in [3.05, 3.63) is 142 Å². The molecule has 4 rings (SSSR count). The van der Waals surface area contributed by atoms with Crippen LogP contribution < -0.4 is 9.47 Å². The van der Waals surface area contributed by atoms with Crippen molar-refractivity contribution in [3.8, 4) is 11.5 Å². The average Bonchev–Trinajstić information content (AvgIpc) is 3.16. The largest absolute Gasteiger partial charge is 0.462 e. The average molecular weight is 755 g/mol. The van der Waals surface area contributed by atoms with Crippen LogP contribution in [0.3, 0.4) is 0 Å². The van der Waals surface area contributed by atoms with Gasteiger partial charge in [-0.2, -0.15) is 0 Å². The second kappa shape index (κ2) is 22.8. The van der Waals surface area contributed by atoms with E-state index < -0.39 is 11.9 Å². The highest BCUT2D eigenvalue weighted by Gasteiger charge is 2.15. The third-order valence-electron chi connectivity index (χ3n) is 8.93. The molecule has 0 radical (unpaired) electrons. The van der Waals surface area contributed by atoms with E-state index in [0.717, 1.165) is 50.0 Å². The van der Waals surface area contributed by atoms with Crippen molar-refractivity contribution in [1.29, 1.82) is 0 Å². The second-order valence-electron chi connectivity index (χ2n) is 13.8. The van der Waals surface area contributed by atoms with Gasteiger partial charge in [-0.15, -0.1) is 18.5 Å². The van der Waals surface area contributed by atoms with Gasteiger partial charge in [-0.05, 0) is 147 Å². The molecule has 0 fully saturated rings. The summed E-state index contributed by atoms with van der Waals surface area (Å²) in [6.45, 7) is 13.1. The molecule has 8 heteroatoms. The third kappa shape index (κ3) is 15.4. The maximum Gasteiger partial charge on any atom is 0.343 e. The zero-order valence-corrected chi connectivity index (χ0v) is 34.5. The number of ether oxygens (including phenoxy) is 3. The van der Waals surface area contributed by atoms with Crippen LogP contribution in [-0.4, -0.2) is 24.5 Å². The molecule has 0 N–H and O–H groups in total. The fourth-order valence-electron chi connectivity index (χ4n) is 5.25. The minimum atomic E-state index is -0.450. The smallest absolute Gasteiger partial charge is 0.343 e. The van der Waals surface area contributed by atoms with Crippen molar-refractivity contribution in [2.24, 2.45) is 11.8 Å². The highest BCUT2D eigenvalue weighted by Crippen LogP contribution is 2.23. The molecule has 0 aliphatic heterocycles. The van der Waals surface area contributed by atoms with Crippen LogP contribution in [0, 0.1) is 18.8 Å². The number of aryl methyl sites for hydroxylation is 1. The summed E-state index contributed by atoms with van der Waals surface area (Å²) in [5, 5.41) is 0. The minimum absolute atomic E-state index is 0.221.